The highest BCUT2D eigenvalue weighted by Crippen LogP contribution is 2.31. The highest BCUT2D eigenvalue weighted by Gasteiger charge is 2.40. The largest absolute Gasteiger partial charge is 0.448 e. The first-order chi connectivity index (χ1) is 13.4. The van der Waals surface area contributed by atoms with Gasteiger partial charge in [-0.2, -0.15) is 4.31 Å². The summed E-state index contributed by atoms with van der Waals surface area (Å²) in [6.45, 7) is 1.73. The van der Waals surface area contributed by atoms with Gasteiger partial charge < -0.3 is 14.4 Å². The van der Waals surface area contributed by atoms with Crippen molar-refractivity contribution in [2.75, 3.05) is 33.4 Å². The Morgan fingerprint density at radius 1 is 1.07 bits per heavy atom. The molecule has 0 N–H and O–H groups in total. The van der Waals surface area contributed by atoms with Gasteiger partial charge in [0.15, 0.2) is 0 Å². The molecule has 1 amide bonds. The first kappa shape index (κ1) is 21.4. The van der Waals surface area contributed by atoms with Crippen LogP contribution in [0.3, 0.4) is 0 Å². The number of carbonyl (C=O) groups is 1. The molecular formula is C19H27ClN2O5S. The summed E-state index contributed by atoms with van der Waals surface area (Å²) >= 11 is 5.91. The number of halogens is 1. The van der Waals surface area contributed by atoms with E-state index in [9.17, 15) is 13.2 Å². The fourth-order valence-electron chi connectivity index (χ4n) is 3.93. The van der Waals surface area contributed by atoms with Gasteiger partial charge >= 0.3 is 6.09 Å². The molecule has 2 aliphatic rings. The van der Waals surface area contributed by atoms with Gasteiger partial charge in [-0.3, -0.25) is 0 Å². The summed E-state index contributed by atoms with van der Waals surface area (Å²) in [6, 6.07) is 5.42. The molecule has 0 unspecified atom stereocenters. The highest BCUT2D eigenvalue weighted by atomic mass is 35.5. The van der Waals surface area contributed by atoms with Crippen LogP contribution in [0, 0.1) is 0 Å². The van der Waals surface area contributed by atoms with Crippen LogP contribution in [-0.2, 0) is 19.5 Å². The smallest absolute Gasteiger partial charge is 0.409 e. The molecule has 0 spiro atoms. The maximum atomic E-state index is 13.4. The van der Waals surface area contributed by atoms with Crippen LogP contribution in [0.4, 0.5) is 4.79 Å². The molecule has 28 heavy (non-hydrogen) atoms. The molecule has 2 atom stereocenters. The van der Waals surface area contributed by atoms with E-state index in [1.807, 2.05) is 0 Å². The molecule has 2 heterocycles. The van der Waals surface area contributed by atoms with Crippen molar-refractivity contribution in [3.8, 4) is 0 Å². The first-order valence-corrected chi connectivity index (χ1v) is 11.4. The van der Waals surface area contributed by atoms with Crippen molar-refractivity contribution >= 4 is 27.7 Å². The lowest BCUT2D eigenvalue weighted by Gasteiger charge is -2.40. The quantitative estimate of drug-likeness (QED) is 0.693. The lowest BCUT2D eigenvalue weighted by Crippen LogP contribution is -2.53. The van der Waals surface area contributed by atoms with E-state index < -0.39 is 16.1 Å². The Labute approximate surface area is 171 Å². The van der Waals surface area contributed by atoms with Gasteiger partial charge in [-0.05, 0) is 49.9 Å². The van der Waals surface area contributed by atoms with E-state index in [2.05, 4.69) is 0 Å². The van der Waals surface area contributed by atoms with Crippen LogP contribution in [0.1, 0.15) is 32.1 Å². The van der Waals surface area contributed by atoms with Crippen LogP contribution in [-0.4, -0.2) is 69.2 Å². The average Bonchev–Trinajstić information content (AvgIpc) is 3.21. The summed E-state index contributed by atoms with van der Waals surface area (Å²) in [6.07, 6.45) is 3.79. The molecule has 2 fully saturated rings. The van der Waals surface area contributed by atoms with E-state index in [-0.39, 0.29) is 23.6 Å². The lowest BCUT2D eigenvalue weighted by atomic mass is 9.99. The van der Waals surface area contributed by atoms with E-state index >= 15 is 0 Å². The molecular weight excluding hydrogens is 404 g/mol. The van der Waals surface area contributed by atoms with Crippen molar-refractivity contribution in [1.82, 2.24) is 9.21 Å². The molecule has 0 saturated carbocycles. The molecule has 0 aliphatic carbocycles. The SMILES string of the molecule is COC[C@H]1CCC[C@@H](COC(=O)N2CCCC2)N1S(=O)(=O)c1ccc(Cl)cc1. The fourth-order valence-corrected chi connectivity index (χ4v) is 5.89. The zero-order chi connectivity index (χ0) is 20.1. The third-order valence-corrected chi connectivity index (χ3v) is 7.58. The maximum Gasteiger partial charge on any atom is 0.409 e. The van der Waals surface area contributed by atoms with Gasteiger partial charge in [-0.1, -0.05) is 18.0 Å². The average molecular weight is 431 g/mol. The Morgan fingerprint density at radius 2 is 1.68 bits per heavy atom. The topological polar surface area (TPSA) is 76.2 Å². The molecule has 3 rings (SSSR count). The molecule has 9 heteroatoms. The number of sulfonamides is 1. The number of hydrogen-bond donors (Lipinski definition) is 0. The molecule has 7 nitrogen and oxygen atoms in total. The normalized spacial score (nSPS) is 23.7. The summed E-state index contributed by atoms with van der Waals surface area (Å²) in [5, 5.41) is 0.474. The van der Waals surface area contributed by atoms with Gasteiger partial charge in [0.25, 0.3) is 0 Å². The van der Waals surface area contributed by atoms with Crippen LogP contribution in [0.25, 0.3) is 0 Å². The van der Waals surface area contributed by atoms with E-state index in [1.54, 1.807) is 24.1 Å². The summed E-state index contributed by atoms with van der Waals surface area (Å²) in [5.74, 6) is 0. The highest BCUT2D eigenvalue weighted by molar-refractivity contribution is 7.89. The number of rotatable bonds is 6. The lowest BCUT2D eigenvalue weighted by molar-refractivity contribution is 0.0435. The van der Waals surface area contributed by atoms with Crippen LogP contribution < -0.4 is 0 Å². The molecule has 0 bridgehead atoms. The molecule has 0 radical (unpaired) electrons. The Balaban J connectivity index is 1.80. The molecule has 1 aromatic carbocycles. The van der Waals surface area contributed by atoms with E-state index in [0.717, 1.165) is 19.3 Å². The van der Waals surface area contributed by atoms with E-state index in [1.165, 1.54) is 16.4 Å². The zero-order valence-corrected chi connectivity index (χ0v) is 17.6. The minimum atomic E-state index is -3.78. The number of ether oxygens (including phenoxy) is 2. The van der Waals surface area contributed by atoms with Crippen LogP contribution in [0.15, 0.2) is 29.2 Å². The number of carbonyl (C=O) groups excluding carboxylic acids is 1. The summed E-state index contributed by atoms with van der Waals surface area (Å²) < 4.78 is 39.0. The molecule has 156 valence electrons. The van der Waals surface area contributed by atoms with Gasteiger partial charge in [-0.15, -0.1) is 0 Å². The summed E-state index contributed by atoms with van der Waals surface area (Å²) in [5.41, 5.74) is 0. The number of nitrogens with zero attached hydrogens (tertiary/aromatic N) is 2. The molecule has 2 saturated heterocycles. The maximum absolute atomic E-state index is 13.4. The Bertz CT molecular complexity index is 763. The minimum Gasteiger partial charge on any atom is -0.448 e. The second-order valence-electron chi connectivity index (χ2n) is 7.25. The number of methoxy groups -OCH3 is 1. The predicted molar refractivity (Wildman–Crippen MR) is 106 cm³/mol. The van der Waals surface area contributed by atoms with Gasteiger partial charge in [0.2, 0.25) is 10.0 Å². The van der Waals surface area contributed by atoms with Gasteiger partial charge in [0.05, 0.1) is 17.5 Å². The fraction of sp³-hybridized carbons (Fsp3) is 0.632. The number of amides is 1. The number of hydrogen-bond acceptors (Lipinski definition) is 5. The van der Waals surface area contributed by atoms with Gasteiger partial charge in [0, 0.05) is 31.3 Å². The standard InChI is InChI=1S/C19H27ClN2O5S/c1-26-13-16-5-4-6-17(14-27-19(23)21-11-2-3-12-21)22(16)28(24,25)18-9-7-15(20)8-10-18/h7-10,16-17H,2-6,11-14H2,1H3/t16-,17+/m1/s1. The number of benzene rings is 1. The third-order valence-electron chi connectivity index (χ3n) is 5.31. The molecule has 1 aromatic rings. The first-order valence-electron chi connectivity index (χ1n) is 9.63. The van der Waals surface area contributed by atoms with Crippen LogP contribution in [0.5, 0.6) is 0 Å². The summed E-state index contributed by atoms with van der Waals surface area (Å²) in [7, 11) is -2.22. The monoisotopic (exact) mass is 430 g/mol. The second kappa shape index (κ2) is 9.43. The van der Waals surface area contributed by atoms with Gasteiger partial charge in [0.1, 0.15) is 6.61 Å². The second-order valence-corrected chi connectivity index (χ2v) is 9.53. The summed E-state index contributed by atoms with van der Waals surface area (Å²) in [4.78, 5) is 14.1. The Morgan fingerprint density at radius 3 is 2.29 bits per heavy atom. The van der Waals surface area contributed by atoms with Crippen LogP contribution in [0.2, 0.25) is 5.02 Å². The van der Waals surface area contributed by atoms with Crippen molar-refractivity contribution in [2.45, 2.75) is 49.1 Å². The molecule has 2 aliphatic heterocycles. The molecule has 0 aromatic heterocycles. The number of piperidine rings is 1. The van der Waals surface area contributed by atoms with E-state index in [0.29, 0.717) is 37.6 Å². The Hall–Kier alpha value is -1.35. The van der Waals surface area contributed by atoms with Crippen LogP contribution >= 0.6 is 11.6 Å². The van der Waals surface area contributed by atoms with Crippen molar-refractivity contribution in [3.05, 3.63) is 29.3 Å². The number of likely N-dealkylation sites (tertiary alicyclic amines) is 1. The van der Waals surface area contributed by atoms with Crippen molar-refractivity contribution in [1.29, 1.82) is 0 Å². The van der Waals surface area contributed by atoms with E-state index in [4.69, 9.17) is 21.1 Å². The Kier molecular flexibility index (Phi) is 7.20. The third kappa shape index (κ3) is 4.79. The minimum absolute atomic E-state index is 0.0440. The van der Waals surface area contributed by atoms with Gasteiger partial charge in [-0.25, -0.2) is 13.2 Å². The predicted octanol–water partition coefficient (Wildman–Crippen LogP) is 3.13. The van der Waals surface area contributed by atoms with Crippen molar-refractivity contribution < 1.29 is 22.7 Å². The van der Waals surface area contributed by atoms with Crippen molar-refractivity contribution in [2.24, 2.45) is 0 Å². The van der Waals surface area contributed by atoms with Crippen molar-refractivity contribution in [3.63, 3.8) is 0 Å². The zero-order valence-electron chi connectivity index (χ0n) is 16.0.